The van der Waals surface area contributed by atoms with Crippen molar-refractivity contribution in [2.75, 3.05) is 50.4 Å². The van der Waals surface area contributed by atoms with E-state index in [-0.39, 0.29) is 23.1 Å². The lowest BCUT2D eigenvalue weighted by Crippen LogP contribution is -2.42. The Morgan fingerprint density at radius 1 is 1.00 bits per heavy atom. The number of ether oxygens (including phenoxy) is 3. The number of para-hydroxylation sites is 2. The first kappa shape index (κ1) is 30.5. The number of rotatable bonds is 12. The highest BCUT2D eigenvalue weighted by molar-refractivity contribution is 7.92. The van der Waals surface area contributed by atoms with Gasteiger partial charge in [-0.05, 0) is 67.9 Å². The molecule has 1 aliphatic heterocycles. The van der Waals surface area contributed by atoms with E-state index in [0.717, 1.165) is 9.87 Å². The number of hydrogen-bond donors (Lipinski definition) is 1. The molecule has 3 aromatic rings. The number of anilines is 1. The molecule has 1 heterocycles. The number of carbonyl (C=O) groups is 2. The van der Waals surface area contributed by atoms with Crippen molar-refractivity contribution in [3.8, 4) is 11.5 Å². The van der Waals surface area contributed by atoms with Crippen molar-refractivity contribution in [2.45, 2.75) is 18.7 Å². The van der Waals surface area contributed by atoms with Crippen LogP contribution in [0.4, 0.5) is 5.69 Å². The van der Waals surface area contributed by atoms with Crippen molar-refractivity contribution in [3.05, 3.63) is 83.9 Å². The van der Waals surface area contributed by atoms with Gasteiger partial charge in [0.05, 0.1) is 36.6 Å². The predicted octanol–water partition coefficient (Wildman–Crippen LogP) is 2.98. The topological polar surface area (TPSA) is 127 Å². The van der Waals surface area contributed by atoms with Gasteiger partial charge in [0.2, 0.25) is 0 Å². The summed E-state index contributed by atoms with van der Waals surface area (Å²) in [5.41, 5.74) is 4.20. The van der Waals surface area contributed by atoms with Crippen molar-refractivity contribution in [1.82, 2.24) is 10.3 Å². The highest BCUT2D eigenvalue weighted by Gasteiger charge is 2.29. The standard InChI is InChI=1S/C30H34N4O7S/c1-3-40-28-7-5-4-6-27(28)34(42(37,38)26-14-8-23(2)9-15-26)21-29(35)32-31-20-24-10-12-25(13-11-24)41-22-30(36)33-16-18-39-19-17-33/h4-15,20H,3,16-19,21-22H2,1-2H3,(H,32,35)/b31-20+. The fraction of sp³-hybridized carbons (Fsp3) is 0.300. The van der Waals surface area contributed by atoms with Crippen molar-refractivity contribution in [2.24, 2.45) is 5.10 Å². The van der Waals surface area contributed by atoms with Crippen LogP contribution in [0, 0.1) is 6.92 Å². The van der Waals surface area contributed by atoms with Gasteiger partial charge in [0.15, 0.2) is 6.61 Å². The lowest BCUT2D eigenvalue weighted by molar-refractivity contribution is -0.137. The van der Waals surface area contributed by atoms with Crippen LogP contribution < -0.4 is 19.2 Å². The van der Waals surface area contributed by atoms with Gasteiger partial charge in [0.1, 0.15) is 18.0 Å². The number of hydrazone groups is 1. The molecule has 12 heteroatoms. The van der Waals surface area contributed by atoms with E-state index >= 15 is 0 Å². The number of morpholine rings is 1. The van der Waals surface area contributed by atoms with Crippen molar-refractivity contribution in [3.63, 3.8) is 0 Å². The highest BCUT2D eigenvalue weighted by Crippen LogP contribution is 2.32. The van der Waals surface area contributed by atoms with Crippen molar-refractivity contribution >= 4 is 33.7 Å². The summed E-state index contributed by atoms with van der Waals surface area (Å²) in [6.07, 6.45) is 1.42. The zero-order valence-corrected chi connectivity index (χ0v) is 24.4. The van der Waals surface area contributed by atoms with E-state index in [1.54, 1.807) is 72.5 Å². The van der Waals surface area contributed by atoms with Gasteiger partial charge in [-0.15, -0.1) is 0 Å². The van der Waals surface area contributed by atoms with Crippen LogP contribution in [0.3, 0.4) is 0 Å². The molecule has 1 aliphatic rings. The van der Waals surface area contributed by atoms with Crippen molar-refractivity contribution < 1.29 is 32.2 Å². The minimum atomic E-state index is -4.11. The summed E-state index contributed by atoms with van der Waals surface area (Å²) >= 11 is 0. The molecule has 1 N–H and O–H groups in total. The zero-order valence-electron chi connectivity index (χ0n) is 23.6. The first-order valence-electron chi connectivity index (χ1n) is 13.5. The predicted molar refractivity (Wildman–Crippen MR) is 158 cm³/mol. The van der Waals surface area contributed by atoms with E-state index in [4.69, 9.17) is 14.2 Å². The van der Waals surface area contributed by atoms with Crippen LogP contribution in [0.1, 0.15) is 18.1 Å². The third-order valence-corrected chi connectivity index (χ3v) is 8.11. The van der Waals surface area contributed by atoms with E-state index in [0.29, 0.717) is 50.0 Å². The van der Waals surface area contributed by atoms with Crippen LogP contribution in [0.25, 0.3) is 0 Å². The van der Waals surface area contributed by atoms with Gasteiger partial charge in [-0.3, -0.25) is 13.9 Å². The van der Waals surface area contributed by atoms with E-state index < -0.39 is 22.5 Å². The Labute approximate surface area is 245 Å². The highest BCUT2D eigenvalue weighted by atomic mass is 32.2. The van der Waals surface area contributed by atoms with Gasteiger partial charge in [0.25, 0.3) is 21.8 Å². The number of carbonyl (C=O) groups excluding carboxylic acids is 2. The summed E-state index contributed by atoms with van der Waals surface area (Å²) in [5, 5.41) is 3.99. The molecule has 0 saturated carbocycles. The number of aryl methyl sites for hydroxylation is 1. The Hall–Kier alpha value is -4.42. The molecule has 2 amide bonds. The molecule has 0 bridgehead atoms. The number of benzene rings is 3. The molecule has 222 valence electrons. The SMILES string of the molecule is CCOc1ccccc1N(CC(=O)N/N=C/c1ccc(OCC(=O)N2CCOCC2)cc1)S(=O)(=O)c1ccc(C)cc1. The molecule has 4 rings (SSSR count). The first-order valence-corrected chi connectivity index (χ1v) is 14.9. The number of hydrogen-bond acceptors (Lipinski definition) is 8. The average Bonchev–Trinajstić information content (AvgIpc) is 3.00. The smallest absolute Gasteiger partial charge is 0.264 e. The Morgan fingerprint density at radius 2 is 1.69 bits per heavy atom. The van der Waals surface area contributed by atoms with E-state index in [1.807, 2.05) is 6.92 Å². The maximum absolute atomic E-state index is 13.7. The Kier molecular flexibility index (Phi) is 10.5. The maximum atomic E-state index is 13.7. The summed E-state index contributed by atoms with van der Waals surface area (Å²) in [6.45, 7) is 5.53. The van der Waals surface area contributed by atoms with Gasteiger partial charge in [-0.1, -0.05) is 29.8 Å². The quantitative estimate of drug-likeness (QED) is 0.252. The van der Waals surface area contributed by atoms with Gasteiger partial charge in [0, 0.05) is 13.1 Å². The van der Waals surface area contributed by atoms with Crippen LogP contribution >= 0.6 is 0 Å². The second-order valence-electron chi connectivity index (χ2n) is 9.37. The molecule has 0 aliphatic carbocycles. The minimum Gasteiger partial charge on any atom is -0.492 e. The van der Waals surface area contributed by atoms with Gasteiger partial charge in [-0.2, -0.15) is 5.10 Å². The fourth-order valence-electron chi connectivity index (χ4n) is 4.12. The molecule has 3 aromatic carbocycles. The summed E-state index contributed by atoms with van der Waals surface area (Å²) in [7, 11) is -4.11. The molecule has 1 fully saturated rings. The lowest BCUT2D eigenvalue weighted by Gasteiger charge is -2.26. The summed E-state index contributed by atoms with van der Waals surface area (Å²) < 4.78 is 44.8. The van der Waals surface area contributed by atoms with Crippen LogP contribution in [0.2, 0.25) is 0 Å². The zero-order chi connectivity index (χ0) is 30.0. The van der Waals surface area contributed by atoms with E-state index in [9.17, 15) is 18.0 Å². The first-order chi connectivity index (χ1) is 20.3. The molecule has 0 atom stereocenters. The van der Waals surface area contributed by atoms with Crippen LogP contribution in [0.5, 0.6) is 11.5 Å². The number of nitrogens with one attached hydrogen (secondary N) is 1. The third kappa shape index (κ3) is 8.08. The number of nitrogens with zero attached hydrogens (tertiary/aromatic N) is 3. The average molecular weight is 595 g/mol. The lowest BCUT2D eigenvalue weighted by atomic mass is 10.2. The molecule has 0 aromatic heterocycles. The van der Waals surface area contributed by atoms with Crippen molar-refractivity contribution in [1.29, 1.82) is 0 Å². The second-order valence-corrected chi connectivity index (χ2v) is 11.2. The van der Waals surface area contributed by atoms with E-state index in [1.165, 1.54) is 18.3 Å². The Bertz CT molecular complexity index is 1490. The molecule has 0 unspecified atom stereocenters. The summed E-state index contributed by atoms with van der Waals surface area (Å²) in [5.74, 6) is 0.104. The number of sulfonamides is 1. The Balaban J connectivity index is 1.40. The normalized spacial score (nSPS) is 13.5. The Morgan fingerprint density at radius 3 is 2.38 bits per heavy atom. The maximum Gasteiger partial charge on any atom is 0.264 e. The van der Waals surface area contributed by atoms with Crippen LogP contribution in [0.15, 0.2) is 82.8 Å². The molecule has 1 saturated heterocycles. The van der Waals surface area contributed by atoms with E-state index in [2.05, 4.69) is 10.5 Å². The summed E-state index contributed by atoms with van der Waals surface area (Å²) in [4.78, 5) is 26.9. The van der Waals surface area contributed by atoms with Gasteiger partial charge < -0.3 is 19.1 Å². The fourth-order valence-corrected chi connectivity index (χ4v) is 5.55. The monoisotopic (exact) mass is 594 g/mol. The second kappa shape index (κ2) is 14.5. The van der Waals surface area contributed by atoms with Crippen LogP contribution in [-0.4, -0.2) is 77.4 Å². The molecule has 0 spiro atoms. The molecular weight excluding hydrogens is 560 g/mol. The van der Waals surface area contributed by atoms with Crippen LogP contribution in [-0.2, 0) is 24.3 Å². The van der Waals surface area contributed by atoms with Gasteiger partial charge in [-0.25, -0.2) is 13.8 Å². The molecule has 0 radical (unpaired) electrons. The molecular formula is C30H34N4O7S. The molecule has 11 nitrogen and oxygen atoms in total. The largest absolute Gasteiger partial charge is 0.492 e. The minimum absolute atomic E-state index is 0.0460. The van der Waals surface area contributed by atoms with Gasteiger partial charge >= 0.3 is 0 Å². The molecule has 42 heavy (non-hydrogen) atoms. The third-order valence-electron chi connectivity index (χ3n) is 6.34. The number of amides is 2. The summed E-state index contributed by atoms with van der Waals surface area (Å²) in [6, 6.07) is 19.9.